The number of hydrogen-bond donors (Lipinski definition) is 0. The maximum absolute atomic E-state index is 12.1. The summed E-state index contributed by atoms with van der Waals surface area (Å²) >= 11 is 1.56. The Bertz CT molecular complexity index is 845. The lowest BCUT2D eigenvalue weighted by atomic mass is 10.3. The van der Waals surface area contributed by atoms with Crippen molar-refractivity contribution in [3.8, 4) is 11.6 Å². The standard InChI is InChI=1S/C20H20N2O2S/c1-3-10-18(23)24-20-19(25-17-13-8-5-9-14-17)15(2)21-22(20)16-11-6-4-7-12-16/h4-9,11-14H,3,10H2,1-2H3. The molecule has 0 amide bonds. The summed E-state index contributed by atoms with van der Waals surface area (Å²) in [5.41, 5.74) is 1.70. The molecule has 3 rings (SSSR count). The molecule has 5 heteroatoms. The minimum Gasteiger partial charge on any atom is -0.406 e. The van der Waals surface area contributed by atoms with Gasteiger partial charge in [0.1, 0.15) is 0 Å². The molecule has 0 fully saturated rings. The minimum atomic E-state index is -0.241. The first kappa shape index (κ1) is 17.3. The van der Waals surface area contributed by atoms with Crippen LogP contribution in [0.2, 0.25) is 0 Å². The largest absolute Gasteiger partial charge is 0.406 e. The lowest BCUT2D eigenvalue weighted by Crippen LogP contribution is -2.11. The van der Waals surface area contributed by atoms with Gasteiger partial charge in [-0.25, -0.2) is 0 Å². The fraction of sp³-hybridized carbons (Fsp3) is 0.200. The summed E-state index contributed by atoms with van der Waals surface area (Å²) in [6, 6.07) is 19.7. The second-order valence-corrected chi connectivity index (χ2v) is 6.69. The molecule has 0 saturated carbocycles. The van der Waals surface area contributed by atoms with Crippen LogP contribution in [0.25, 0.3) is 5.69 Å². The zero-order valence-corrected chi connectivity index (χ0v) is 15.1. The number of carbonyl (C=O) groups is 1. The number of para-hydroxylation sites is 1. The Kier molecular flexibility index (Phi) is 5.56. The van der Waals surface area contributed by atoms with Gasteiger partial charge >= 0.3 is 5.97 Å². The molecule has 0 bridgehead atoms. The summed E-state index contributed by atoms with van der Waals surface area (Å²) in [6.45, 7) is 3.89. The average Bonchev–Trinajstić information content (AvgIpc) is 2.93. The van der Waals surface area contributed by atoms with Crippen LogP contribution >= 0.6 is 11.8 Å². The van der Waals surface area contributed by atoms with Crippen LogP contribution in [0.4, 0.5) is 0 Å². The predicted octanol–water partition coefficient (Wildman–Crippen LogP) is 5.04. The molecule has 1 aromatic heterocycles. The zero-order valence-electron chi connectivity index (χ0n) is 14.3. The van der Waals surface area contributed by atoms with Crippen LogP contribution in [0.3, 0.4) is 0 Å². The average molecular weight is 352 g/mol. The number of hydrogen-bond acceptors (Lipinski definition) is 4. The second kappa shape index (κ2) is 8.03. The predicted molar refractivity (Wildman–Crippen MR) is 99.4 cm³/mol. The topological polar surface area (TPSA) is 44.1 Å². The SMILES string of the molecule is CCCC(=O)Oc1c(Sc2ccccc2)c(C)nn1-c1ccccc1. The van der Waals surface area contributed by atoms with E-state index in [1.165, 1.54) is 0 Å². The third kappa shape index (κ3) is 4.12. The lowest BCUT2D eigenvalue weighted by molar-refractivity contribution is -0.134. The molecule has 0 radical (unpaired) electrons. The van der Waals surface area contributed by atoms with Crippen molar-refractivity contribution >= 4 is 17.7 Å². The first-order valence-electron chi connectivity index (χ1n) is 8.27. The molecule has 0 aliphatic carbocycles. The highest BCUT2D eigenvalue weighted by Crippen LogP contribution is 2.39. The molecule has 0 aliphatic rings. The van der Waals surface area contributed by atoms with Gasteiger partial charge in [-0.1, -0.05) is 55.1 Å². The van der Waals surface area contributed by atoms with Gasteiger partial charge in [0, 0.05) is 11.3 Å². The smallest absolute Gasteiger partial charge is 0.312 e. The number of carbonyl (C=O) groups excluding carboxylic acids is 1. The quantitative estimate of drug-likeness (QED) is 0.583. The number of aromatic nitrogens is 2. The number of ether oxygens (including phenoxy) is 1. The second-order valence-electron chi connectivity index (χ2n) is 5.61. The van der Waals surface area contributed by atoms with E-state index in [0.29, 0.717) is 12.3 Å². The van der Waals surface area contributed by atoms with Crippen molar-refractivity contribution in [3.63, 3.8) is 0 Å². The molecular formula is C20H20N2O2S. The van der Waals surface area contributed by atoms with E-state index in [0.717, 1.165) is 27.6 Å². The van der Waals surface area contributed by atoms with Gasteiger partial charge in [-0.2, -0.15) is 9.78 Å². The molecule has 4 nitrogen and oxygen atoms in total. The molecule has 0 atom stereocenters. The van der Waals surface area contributed by atoms with E-state index in [2.05, 4.69) is 5.10 Å². The molecular weight excluding hydrogens is 332 g/mol. The summed E-state index contributed by atoms with van der Waals surface area (Å²) < 4.78 is 7.41. The maximum Gasteiger partial charge on any atom is 0.312 e. The van der Waals surface area contributed by atoms with E-state index >= 15 is 0 Å². The monoisotopic (exact) mass is 352 g/mol. The van der Waals surface area contributed by atoms with Crippen LogP contribution in [-0.2, 0) is 4.79 Å². The van der Waals surface area contributed by atoms with Gasteiger partial charge in [0.2, 0.25) is 5.88 Å². The van der Waals surface area contributed by atoms with Crippen molar-refractivity contribution in [2.24, 2.45) is 0 Å². The van der Waals surface area contributed by atoms with E-state index in [4.69, 9.17) is 4.74 Å². The molecule has 128 valence electrons. The van der Waals surface area contributed by atoms with Crippen LogP contribution in [0.5, 0.6) is 5.88 Å². The summed E-state index contributed by atoms with van der Waals surface area (Å²) in [4.78, 5) is 14.1. The minimum absolute atomic E-state index is 0.241. The van der Waals surface area contributed by atoms with Crippen LogP contribution in [0.1, 0.15) is 25.5 Å². The molecule has 0 N–H and O–H groups in total. The van der Waals surface area contributed by atoms with Crippen LogP contribution in [0, 0.1) is 6.92 Å². The van der Waals surface area contributed by atoms with Gasteiger partial charge in [-0.15, -0.1) is 0 Å². The van der Waals surface area contributed by atoms with E-state index in [1.807, 2.05) is 74.5 Å². The van der Waals surface area contributed by atoms with Gasteiger partial charge in [0.25, 0.3) is 0 Å². The van der Waals surface area contributed by atoms with Gasteiger partial charge in [-0.3, -0.25) is 4.79 Å². The van der Waals surface area contributed by atoms with Gasteiger partial charge in [-0.05, 0) is 37.6 Å². The highest BCUT2D eigenvalue weighted by atomic mass is 32.2. The van der Waals surface area contributed by atoms with E-state index in [9.17, 15) is 4.79 Å². The number of rotatable bonds is 6. The highest BCUT2D eigenvalue weighted by molar-refractivity contribution is 7.99. The molecule has 2 aromatic carbocycles. The Morgan fingerprint density at radius 3 is 2.36 bits per heavy atom. The maximum atomic E-state index is 12.1. The fourth-order valence-corrected chi connectivity index (χ4v) is 3.35. The Labute approximate surface area is 151 Å². The van der Waals surface area contributed by atoms with E-state index in [-0.39, 0.29) is 5.97 Å². The van der Waals surface area contributed by atoms with Crippen molar-refractivity contribution in [2.75, 3.05) is 0 Å². The number of nitrogens with zero attached hydrogens (tertiary/aromatic N) is 2. The van der Waals surface area contributed by atoms with Crippen molar-refractivity contribution < 1.29 is 9.53 Å². The number of benzene rings is 2. The highest BCUT2D eigenvalue weighted by Gasteiger charge is 2.21. The Morgan fingerprint density at radius 2 is 1.72 bits per heavy atom. The number of esters is 1. The fourth-order valence-electron chi connectivity index (χ4n) is 2.41. The summed E-state index contributed by atoms with van der Waals surface area (Å²) in [6.07, 6.45) is 1.13. The Morgan fingerprint density at radius 1 is 1.08 bits per heavy atom. The molecule has 0 saturated heterocycles. The van der Waals surface area contributed by atoms with Gasteiger partial charge < -0.3 is 4.74 Å². The summed E-state index contributed by atoms with van der Waals surface area (Å²) in [5.74, 6) is 0.241. The lowest BCUT2D eigenvalue weighted by Gasteiger charge is -2.10. The van der Waals surface area contributed by atoms with Crippen LogP contribution in [-0.4, -0.2) is 15.7 Å². The van der Waals surface area contributed by atoms with E-state index in [1.54, 1.807) is 16.4 Å². The molecule has 0 spiro atoms. The third-order valence-electron chi connectivity index (χ3n) is 3.59. The Balaban J connectivity index is 2.04. The van der Waals surface area contributed by atoms with Crippen molar-refractivity contribution in [3.05, 3.63) is 66.4 Å². The van der Waals surface area contributed by atoms with Gasteiger partial charge in [0.15, 0.2) is 0 Å². The Hall–Kier alpha value is -2.53. The molecule has 0 unspecified atom stereocenters. The van der Waals surface area contributed by atoms with Gasteiger partial charge in [0.05, 0.1) is 16.3 Å². The third-order valence-corrected chi connectivity index (χ3v) is 4.78. The van der Waals surface area contributed by atoms with E-state index < -0.39 is 0 Å². The normalized spacial score (nSPS) is 10.6. The molecule has 25 heavy (non-hydrogen) atoms. The molecule has 1 heterocycles. The first-order valence-corrected chi connectivity index (χ1v) is 9.09. The van der Waals surface area contributed by atoms with Crippen LogP contribution in [0.15, 0.2) is 70.5 Å². The first-order chi connectivity index (χ1) is 12.2. The van der Waals surface area contributed by atoms with Crippen molar-refractivity contribution in [1.82, 2.24) is 9.78 Å². The molecule has 0 aliphatic heterocycles. The summed E-state index contributed by atoms with van der Waals surface area (Å²) in [5, 5.41) is 4.61. The zero-order chi connectivity index (χ0) is 17.6. The number of aryl methyl sites for hydroxylation is 1. The van der Waals surface area contributed by atoms with Crippen LogP contribution < -0.4 is 4.74 Å². The van der Waals surface area contributed by atoms with Crippen molar-refractivity contribution in [2.45, 2.75) is 36.5 Å². The van der Waals surface area contributed by atoms with Crippen molar-refractivity contribution in [1.29, 1.82) is 0 Å². The summed E-state index contributed by atoms with van der Waals surface area (Å²) in [7, 11) is 0. The molecule has 3 aromatic rings.